The van der Waals surface area contributed by atoms with Crippen molar-refractivity contribution in [3.05, 3.63) is 11.8 Å². The van der Waals surface area contributed by atoms with Crippen LogP contribution in [-0.4, -0.2) is 69.9 Å². The van der Waals surface area contributed by atoms with Crippen LogP contribution in [0.25, 0.3) is 0 Å². The Hall–Kier alpha value is -0.870. The molecule has 0 amide bonds. The number of aliphatic imine (C=N–C) groups is 1. The molecule has 0 aliphatic carbocycles. The zero-order valence-corrected chi connectivity index (χ0v) is 12.2. The van der Waals surface area contributed by atoms with Crippen molar-refractivity contribution in [3.63, 3.8) is 0 Å². The van der Waals surface area contributed by atoms with Gasteiger partial charge in [0.1, 0.15) is 0 Å². The highest BCUT2D eigenvalue weighted by Gasteiger charge is 1.93. The zero-order chi connectivity index (χ0) is 13.3. The number of allylic oxidation sites excluding steroid dienone is 2. The average molecular weight is 240 g/mol. The molecule has 0 aromatic rings. The number of nitrogens with zero attached hydrogens (tertiary/aromatic N) is 3. The van der Waals surface area contributed by atoms with Crippen LogP contribution in [0.15, 0.2) is 16.8 Å². The zero-order valence-electron chi connectivity index (χ0n) is 12.2. The Kier molecular flexibility index (Phi) is 8.72. The van der Waals surface area contributed by atoms with Crippen LogP contribution in [-0.2, 0) is 0 Å². The van der Waals surface area contributed by atoms with Crippen LogP contribution < -0.4 is 5.32 Å². The Bertz CT molecular complexity index is 254. The second-order valence-electron chi connectivity index (χ2n) is 4.88. The Morgan fingerprint density at radius 3 is 2.18 bits per heavy atom. The maximum absolute atomic E-state index is 4.50. The molecule has 0 radical (unpaired) electrons. The van der Waals surface area contributed by atoms with Crippen LogP contribution in [0, 0.1) is 0 Å². The standard InChI is InChI=1S/C13H28N4/c1-12(14-7-9-16(3)4)11-13(2)15-8-10-17(5)6/h11,14H,7-10H2,1-6H3. The third-order valence-corrected chi connectivity index (χ3v) is 2.30. The lowest BCUT2D eigenvalue weighted by Crippen LogP contribution is -2.25. The minimum atomic E-state index is 0.861. The maximum atomic E-state index is 4.50. The summed E-state index contributed by atoms with van der Waals surface area (Å²) in [6.07, 6.45) is 2.10. The molecule has 0 fully saturated rings. The van der Waals surface area contributed by atoms with Gasteiger partial charge < -0.3 is 15.1 Å². The van der Waals surface area contributed by atoms with E-state index in [1.807, 2.05) is 6.92 Å². The highest BCUT2D eigenvalue weighted by molar-refractivity contribution is 5.93. The molecule has 0 saturated heterocycles. The van der Waals surface area contributed by atoms with Crippen molar-refractivity contribution in [3.8, 4) is 0 Å². The third-order valence-electron chi connectivity index (χ3n) is 2.30. The Balaban J connectivity index is 3.92. The van der Waals surface area contributed by atoms with E-state index in [0.29, 0.717) is 0 Å². The summed E-state index contributed by atoms with van der Waals surface area (Å²) in [5.74, 6) is 0. The molecule has 0 aliphatic rings. The number of nitrogens with one attached hydrogen (secondary N) is 1. The van der Waals surface area contributed by atoms with Gasteiger partial charge in [-0.3, -0.25) is 4.99 Å². The van der Waals surface area contributed by atoms with Gasteiger partial charge in [-0.15, -0.1) is 0 Å². The van der Waals surface area contributed by atoms with Crippen molar-refractivity contribution in [1.29, 1.82) is 0 Å². The summed E-state index contributed by atoms with van der Waals surface area (Å²) in [4.78, 5) is 8.80. The van der Waals surface area contributed by atoms with E-state index in [4.69, 9.17) is 0 Å². The molecule has 0 aromatic heterocycles. The van der Waals surface area contributed by atoms with Crippen LogP contribution in [0.1, 0.15) is 13.8 Å². The summed E-state index contributed by atoms with van der Waals surface area (Å²) < 4.78 is 0. The third kappa shape index (κ3) is 11.4. The lowest BCUT2D eigenvalue weighted by Gasteiger charge is -2.11. The van der Waals surface area contributed by atoms with Gasteiger partial charge in [0.05, 0.1) is 6.54 Å². The van der Waals surface area contributed by atoms with Gasteiger partial charge in [0, 0.05) is 31.0 Å². The number of hydrogen-bond acceptors (Lipinski definition) is 4. The number of hydrogen-bond donors (Lipinski definition) is 1. The first-order valence-corrected chi connectivity index (χ1v) is 6.14. The van der Waals surface area contributed by atoms with Gasteiger partial charge in [0.25, 0.3) is 0 Å². The van der Waals surface area contributed by atoms with Crippen LogP contribution in [0.5, 0.6) is 0 Å². The Morgan fingerprint density at radius 1 is 1.06 bits per heavy atom. The van der Waals surface area contributed by atoms with Gasteiger partial charge >= 0.3 is 0 Å². The predicted molar refractivity (Wildman–Crippen MR) is 76.8 cm³/mol. The van der Waals surface area contributed by atoms with Crippen molar-refractivity contribution in [2.75, 3.05) is 54.4 Å². The van der Waals surface area contributed by atoms with E-state index < -0.39 is 0 Å². The van der Waals surface area contributed by atoms with Crippen molar-refractivity contribution in [2.24, 2.45) is 4.99 Å². The fraction of sp³-hybridized carbons (Fsp3) is 0.769. The summed E-state index contributed by atoms with van der Waals surface area (Å²) in [5, 5.41) is 3.37. The second kappa shape index (κ2) is 9.19. The lowest BCUT2D eigenvalue weighted by molar-refractivity contribution is 0.408. The van der Waals surface area contributed by atoms with Gasteiger partial charge in [-0.1, -0.05) is 0 Å². The molecule has 0 heterocycles. The molecule has 0 bridgehead atoms. The summed E-state index contributed by atoms with van der Waals surface area (Å²) in [6, 6.07) is 0. The molecule has 0 spiro atoms. The van der Waals surface area contributed by atoms with E-state index >= 15 is 0 Å². The molecule has 0 atom stereocenters. The summed E-state index contributed by atoms with van der Waals surface area (Å²) in [5.41, 5.74) is 2.26. The fourth-order valence-electron chi connectivity index (χ4n) is 1.31. The summed E-state index contributed by atoms with van der Waals surface area (Å²) in [6.45, 7) is 8.01. The molecule has 4 heteroatoms. The quantitative estimate of drug-likeness (QED) is 0.644. The van der Waals surface area contributed by atoms with E-state index in [1.165, 1.54) is 5.70 Å². The summed E-state index contributed by atoms with van der Waals surface area (Å²) >= 11 is 0. The lowest BCUT2D eigenvalue weighted by atomic mass is 10.3. The molecule has 0 aliphatic heterocycles. The Morgan fingerprint density at radius 2 is 1.65 bits per heavy atom. The van der Waals surface area contributed by atoms with Crippen molar-refractivity contribution in [1.82, 2.24) is 15.1 Å². The average Bonchev–Trinajstić information content (AvgIpc) is 2.15. The number of likely N-dealkylation sites (N-methyl/N-ethyl adjacent to an activating group) is 2. The fourth-order valence-corrected chi connectivity index (χ4v) is 1.31. The highest BCUT2D eigenvalue weighted by Crippen LogP contribution is 1.90. The van der Waals surface area contributed by atoms with Gasteiger partial charge in [-0.05, 0) is 48.1 Å². The smallest absolute Gasteiger partial charge is 0.0519 e. The molecule has 0 saturated carbocycles. The molecular formula is C13H28N4. The molecule has 0 aromatic carbocycles. The van der Waals surface area contributed by atoms with Crippen LogP contribution >= 0.6 is 0 Å². The van der Waals surface area contributed by atoms with E-state index in [0.717, 1.165) is 31.9 Å². The largest absolute Gasteiger partial charge is 0.387 e. The molecular weight excluding hydrogens is 212 g/mol. The molecule has 17 heavy (non-hydrogen) atoms. The first-order chi connectivity index (χ1) is 7.91. The molecule has 0 rings (SSSR count). The van der Waals surface area contributed by atoms with Gasteiger partial charge in [0.15, 0.2) is 0 Å². The normalized spacial score (nSPS) is 13.6. The first-order valence-electron chi connectivity index (χ1n) is 6.14. The highest BCUT2D eigenvalue weighted by atomic mass is 15.1. The van der Waals surface area contributed by atoms with Crippen molar-refractivity contribution < 1.29 is 0 Å². The molecule has 100 valence electrons. The van der Waals surface area contributed by atoms with Gasteiger partial charge in [-0.25, -0.2) is 0 Å². The Labute approximate surface area is 106 Å². The van der Waals surface area contributed by atoms with Crippen LogP contribution in [0.4, 0.5) is 0 Å². The van der Waals surface area contributed by atoms with Crippen LogP contribution in [0.2, 0.25) is 0 Å². The van der Waals surface area contributed by atoms with Crippen molar-refractivity contribution in [2.45, 2.75) is 13.8 Å². The van der Waals surface area contributed by atoms with E-state index in [-0.39, 0.29) is 0 Å². The monoisotopic (exact) mass is 240 g/mol. The van der Waals surface area contributed by atoms with E-state index in [9.17, 15) is 0 Å². The van der Waals surface area contributed by atoms with E-state index in [2.05, 4.69) is 61.3 Å². The molecule has 0 unspecified atom stereocenters. The summed E-state index contributed by atoms with van der Waals surface area (Å²) in [7, 11) is 8.28. The first kappa shape index (κ1) is 16.1. The van der Waals surface area contributed by atoms with Crippen LogP contribution in [0.3, 0.4) is 0 Å². The second-order valence-corrected chi connectivity index (χ2v) is 4.88. The predicted octanol–water partition coefficient (Wildman–Crippen LogP) is 1.06. The van der Waals surface area contributed by atoms with Crippen molar-refractivity contribution >= 4 is 5.71 Å². The minimum Gasteiger partial charge on any atom is -0.387 e. The topological polar surface area (TPSA) is 30.9 Å². The maximum Gasteiger partial charge on any atom is 0.0519 e. The van der Waals surface area contributed by atoms with Gasteiger partial charge in [-0.2, -0.15) is 0 Å². The van der Waals surface area contributed by atoms with E-state index in [1.54, 1.807) is 0 Å². The minimum absolute atomic E-state index is 0.861. The molecule has 4 nitrogen and oxygen atoms in total. The SMILES string of the molecule is CC(=CC(C)=NCCN(C)C)NCCN(C)C. The number of rotatable bonds is 8. The van der Waals surface area contributed by atoms with Gasteiger partial charge in [0.2, 0.25) is 0 Å². The molecule has 1 N–H and O–H groups in total.